The van der Waals surface area contributed by atoms with Gasteiger partial charge in [0.2, 0.25) is 0 Å². The number of aryl methyl sites for hydroxylation is 1. The summed E-state index contributed by atoms with van der Waals surface area (Å²) in [5.41, 5.74) is 3.58. The molecule has 2 aromatic rings. The molecule has 0 unspecified atom stereocenters. The van der Waals surface area contributed by atoms with Crippen LogP contribution in [0.15, 0.2) is 36.4 Å². The van der Waals surface area contributed by atoms with E-state index in [1.165, 1.54) is 18.4 Å². The molecule has 35 heavy (non-hydrogen) atoms. The van der Waals surface area contributed by atoms with E-state index in [2.05, 4.69) is 11.4 Å². The van der Waals surface area contributed by atoms with Crippen molar-refractivity contribution in [2.24, 2.45) is 5.92 Å². The van der Waals surface area contributed by atoms with Gasteiger partial charge in [-0.3, -0.25) is 14.4 Å². The van der Waals surface area contributed by atoms with E-state index in [9.17, 15) is 14.4 Å². The number of benzene rings is 2. The minimum absolute atomic E-state index is 0.0412. The van der Waals surface area contributed by atoms with Crippen molar-refractivity contribution in [2.75, 3.05) is 6.54 Å². The van der Waals surface area contributed by atoms with E-state index in [1.807, 2.05) is 19.1 Å². The lowest BCUT2D eigenvalue weighted by atomic mass is 9.87. The van der Waals surface area contributed by atoms with Crippen LogP contribution in [0.1, 0.15) is 89.1 Å². The van der Waals surface area contributed by atoms with Gasteiger partial charge >= 0.3 is 5.97 Å². The van der Waals surface area contributed by atoms with Gasteiger partial charge in [-0.1, -0.05) is 17.7 Å². The second-order valence-corrected chi connectivity index (χ2v) is 10.1. The van der Waals surface area contributed by atoms with E-state index in [0.29, 0.717) is 66.5 Å². The van der Waals surface area contributed by atoms with Gasteiger partial charge < -0.3 is 15.2 Å². The summed E-state index contributed by atoms with van der Waals surface area (Å²) in [7, 11) is 0. The smallest absolute Gasteiger partial charge is 0.306 e. The zero-order valence-corrected chi connectivity index (χ0v) is 20.8. The number of aliphatic carboxylic acids is 1. The maximum absolute atomic E-state index is 12.6. The molecule has 0 heterocycles. The number of amides is 1. The maximum atomic E-state index is 12.6. The number of halogens is 1. The lowest BCUT2D eigenvalue weighted by Gasteiger charge is -2.26. The number of rotatable bonds is 10. The number of carboxylic acid groups (broad SMARTS) is 1. The van der Waals surface area contributed by atoms with E-state index in [-0.39, 0.29) is 30.1 Å². The van der Waals surface area contributed by atoms with Crippen LogP contribution in [0.5, 0.6) is 5.75 Å². The predicted molar refractivity (Wildman–Crippen MR) is 135 cm³/mol. The molecule has 0 aliphatic heterocycles. The Morgan fingerprint density at radius 3 is 2.40 bits per heavy atom. The zero-order valence-electron chi connectivity index (χ0n) is 20.0. The lowest BCUT2D eigenvalue weighted by molar-refractivity contribution is -0.143. The van der Waals surface area contributed by atoms with Crippen LogP contribution in [0.2, 0.25) is 5.02 Å². The monoisotopic (exact) mass is 497 g/mol. The summed E-state index contributed by atoms with van der Waals surface area (Å²) in [5, 5.41) is 12.3. The molecule has 2 aromatic carbocycles. The molecule has 2 fully saturated rings. The number of Topliss-reactive ketones (excluding diaryl/α,β-unsaturated/α-hetero) is 1. The Morgan fingerprint density at radius 2 is 1.77 bits per heavy atom. The molecule has 0 bridgehead atoms. The molecule has 0 radical (unpaired) electrons. The van der Waals surface area contributed by atoms with E-state index >= 15 is 0 Å². The Bertz CT molecular complexity index is 1100. The highest BCUT2D eigenvalue weighted by molar-refractivity contribution is 6.34. The van der Waals surface area contributed by atoms with Gasteiger partial charge in [0, 0.05) is 24.1 Å². The zero-order chi connectivity index (χ0) is 24.9. The number of hydrogen-bond donors (Lipinski definition) is 2. The predicted octanol–water partition coefficient (Wildman–Crippen LogP) is 5.94. The van der Waals surface area contributed by atoms with Crippen LogP contribution in [-0.4, -0.2) is 35.4 Å². The highest BCUT2D eigenvalue weighted by atomic mass is 35.5. The van der Waals surface area contributed by atoms with Crippen molar-refractivity contribution in [3.63, 3.8) is 0 Å². The summed E-state index contributed by atoms with van der Waals surface area (Å²) in [6.45, 7) is 2.46. The molecule has 7 heteroatoms. The quantitative estimate of drug-likeness (QED) is 0.313. The standard InChI is InChI=1S/C28H32ClNO5/c1-17-15-20(8-12-23(17)18-4-5-18)27(32)30-14-2-3-26(31)24-13-11-22(16-25(24)29)35-21-9-6-19(7-10-21)28(33)34/h8,11-13,15-16,18-19,21H,2-7,9-10,14H2,1H3,(H,30,32)(H,33,34). The topological polar surface area (TPSA) is 92.7 Å². The first kappa shape index (κ1) is 25.2. The third-order valence-corrected chi connectivity index (χ3v) is 7.30. The van der Waals surface area contributed by atoms with Crippen LogP contribution >= 0.6 is 11.6 Å². The van der Waals surface area contributed by atoms with Crippen molar-refractivity contribution >= 4 is 29.3 Å². The molecule has 2 aliphatic carbocycles. The summed E-state index contributed by atoms with van der Waals surface area (Å²) >= 11 is 6.36. The van der Waals surface area contributed by atoms with E-state index in [0.717, 1.165) is 5.56 Å². The van der Waals surface area contributed by atoms with Crippen molar-refractivity contribution in [3.8, 4) is 5.75 Å². The fraction of sp³-hybridized carbons (Fsp3) is 0.464. The summed E-state index contributed by atoms with van der Waals surface area (Å²) < 4.78 is 5.96. The molecule has 0 atom stereocenters. The van der Waals surface area contributed by atoms with Crippen molar-refractivity contribution in [1.82, 2.24) is 5.32 Å². The van der Waals surface area contributed by atoms with Crippen LogP contribution in [0.4, 0.5) is 0 Å². The molecular formula is C28H32ClNO5. The second-order valence-electron chi connectivity index (χ2n) is 9.70. The van der Waals surface area contributed by atoms with Crippen LogP contribution in [0, 0.1) is 12.8 Å². The molecule has 2 saturated carbocycles. The van der Waals surface area contributed by atoms with Gasteiger partial charge in [0.1, 0.15) is 5.75 Å². The van der Waals surface area contributed by atoms with Gasteiger partial charge in [-0.2, -0.15) is 0 Å². The maximum Gasteiger partial charge on any atom is 0.306 e. The fourth-order valence-corrected chi connectivity index (χ4v) is 5.05. The molecule has 186 valence electrons. The van der Waals surface area contributed by atoms with Crippen LogP contribution in [0.25, 0.3) is 0 Å². The van der Waals surface area contributed by atoms with Gasteiger partial charge in [0.15, 0.2) is 5.78 Å². The molecule has 2 aliphatic rings. The first-order chi connectivity index (χ1) is 16.8. The SMILES string of the molecule is Cc1cc(C(=O)NCCCC(=O)c2ccc(OC3CCC(C(=O)O)CC3)cc2Cl)ccc1C1CC1. The molecule has 6 nitrogen and oxygen atoms in total. The molecular weight excluding hydrogens is 466 g/mol. The molecule has 4 rings (SSSR count). The summed E-state index contributed by atoms with van der Waals surface area (Å²) in [6, 6.07) is 10.9. The molecule has 0 saturated heterocycles. The van der Waals surface area contributed by atoms with E-state index in [1.54, 1.807) is 18.2 Å². The number of nitrogens with one attached hydrogen (secondary N) is 1. The minimum atomic E-state index is -0.744. The Balaban J connectivity index is 1.21. The Labute approximate surface area is 211 Å². The first-order valence-electron chi connectivity index (χ1n) is 12.4. The van der Waals surface area contributed by atoms with Gasteiger partial charge in [-0.25, -0.2) is 0 Å². The fourth-order valence-electron chi connectivity index (χ4n) is 4.77. The molecule has 2 N–H and O–H groups in total. The van der Waals surface area contributed by atoms with E-state index in [4.69, 9.17) is 21.4 Å². The highest BCUT2D eigenvalue weighted by Gasteiger charge is 2.27. The number of carbonyl (C=O) groups is 3. The average molecular weight is 498 g/mol. The largest absolute Gasteiger partial charge is 0.490 e. The van der Waals surface area contributed by atoms with Gasteiger partial charge in [-0.15, -0.1) is 0 Å². The van der Waals surface area contributed by atoms with Gasteiger partial charge in [0.05, 0.1) is 17.0 Å². The normalized spacial score (nSPS) is 19.7. The number of carboxylic acids is 1. The summed E-state index contributed by atoms with van der Waals surface area (Å²) in [4.78, 5) is 36.2. The van der Waals surface area contributed by atoms with Gasteiger partial charge in [0.25, 0.3) is 5.91 Å². The Kier molecular flexibility index (Phi) is 8.11. The number of ketones is 1. The Morgan fingerprint density at radius 1 is 1.03 bits per heavy atom. The van der Waals surface area contributed by atoms with Crippen LogP contribution < -0.4 is 10.1 Å². The molecule has 0 spiro atoms. The van der Waals surface area contributed by atoms with Crippen molar-refractivity contribution in [1.29, 1.82) is 0 Å². The first-order valence-corrected chi connectivity index (χ1v) is 12.8. The van der Waals surface area contributed by atoms with Crippen molar-refractivity contribution in [2.45, 2.75) is 70.3 Å². The Hall–Kier alpha value is -2.86. The second kappa shape index (κ2) is 11.3. The van der Waals surface area contributed by atoms with Crippen molar-refractivity contribution < 1.29 is 24.2 Å². The van der Waals surface area contributed by atoms with Crippen molar-refractivity contribution in [3.05, 3.63) is 63.7 Å². The number of carbonyl (C=O) groups excluding carboxylic acids is 2. The summed E-state index contributed by atoms with van der Waals surface area (Å²) in [6.07, 6.45) is 5.80. The third-order valence-electron chi connectivity index (χ3n) is 6.98. The van der Waals surface area contributed by atoms with Crippen LogP contribution in [-0.2, 0) is 4.79 Å². The van der Waals surface area contributed by atoms with Crippen LogP contribution in [0.3, 0.4) is 0 Å². The lowest BCUT2D eigenvalue weighted by Crippen LogP contribution is -2.27. The minimum Gasteiger partial charge on any atom is -0.490 e. The summed E-state index contributed by atoms with van der Waals surface area (Å²) in [5.74, 6) is -0.000954. The number of hydrogen-bond acceptors (Lipinski definition) is 4. The average Bonchev–Trinajstić information content (AvgIpc) is 3.67. The van der Waals surface area contributed by atoms with E-state index < -0.39 is 5.97 Å². The number of ether oxygens (including phenoxy) is 1. The third kappa shape index (κ3) is 6.63. The van der Waals surface area contributed by atoms with Gasteiger partial charge in [-0.05, 0) is 99.2 Å². The highest BCUT2D eigenvalue weighted by Crippen LogP contribution is 2.41. The molecule has 0 aromatic heterocycles. The molecule has 1 amide bonds.